The number of rotatable bonds is 6. The largest absolute Gasteiger partial charge is 0.351 e. The van der Waals surface area contributed by atoms with Gasteiger partial charge in [-0.1, -0.05) is 18.2 Å². The summed E-state index contributed by atoms with van der Waals surface area (Å²) in [5.74, 6) is -0.203. The number of hydrogen-bond donors (Lipinski definition) is 2. The second-order valence-corrected chi connectivity index (χ2v) is 6.38. The van der Waals surface area contributed by atoms with Gasteiger partial charge in [0, 0.05) is 31.7 Å². The van der Waals surface area contributed by atoms with Crippen molar-refractivity contribution < 1.29 is 13.2 Å². The van der Waals surface area contributed by atoms with Crippen molar-refractivity contribution in [3.63, 3.8) is 0 Å². The van der Waals surface area contributed by atoms with Gasteiger partial charge in [-0.3, -0.25) is 4.79 Å². The molecular weight excluding hydrogens is 278 g/mol. The van der Waals surface area contributed by atoms with Gasteiger partial charge in [-0.15, -0.1) is 0 Å². The molecule has 110 valence electrons. The molecule has 0 radical (unpaired) electrons. The number of hydrogen-bond acceptors (Lipinski definition) is 3. The molecule has 0 atom stereocenters. The highest BCUT2D eigenvalue weighted by molar-refractivity contribution is 7.87. The molecule has 1 aromatic carbocycles. The maximum Gasteiger partial charge on any atom is 0.279 e. The Kier molecular flexibility index (Phi) is 5.11. The Morgan fingerprint density at radius 2 is 1.75 bits per heavy atom. The van der Waals surface area contributed by atoms with Gasteiger partial charge in [-0.2, -0.15) is 12.7 Å². The number of carbonyl (C=O) groups excluding carboxylic acids is 1. The minimum absolute atomic E-state index is 0.192. The Balaban J connectivity index is 1.72. The fraction of sp³-hybridized carbons (Fsp3) is 0.462. The first-order chi connectivity index (χ1) is 9.59. The van der Waals surface area contributed by atoms with E-state index in [4.69, 9.17) is 0 Å². The number of nitrogens with zero attached hydrogens (tertiary/aromatic N) is 1. The fourth-order valence-corrected chi connectivity index (χ4v) is 3.35. The zero-order valence-electron chi connectivity index (χ0n) is 11.2. The van der Waals surface area contributed by atoms with E-state index in [1.807, 2.05) is 6.07 Å². The van der Waals surface area contributed by atoms with Gasteiger partial charge in [-0.25, -0.2) is 4.72 Å². The van der Waals surface area contributed by atoms with Crippen molar-refractivity contribution in [2.45, 2.75) is 12.8 Å². The summed E-state index contributed by atoms with van der Waals surface area (Å²) in [6, 6.07) is 8.82. The second kappa shape index (κ2) is 6.83. The highest BCUT2D eigenvalue weighted by atomic mass is 32.2. The number of benzene rings is 1. The van der Waals surface area contributed by atoms with E-state index in [-0.39, 0.29) is 19.0 Å². The number of amides is 1. The molecule has 1 aromatic rings. The van der Waals surface area contributed by atoms with E-state index < -0.39 is 10.2 Å². The Morgan fingerprint density at radius 3 is 2.40 bits per heavy atom. The molecule has 7 heteroatoms. The van der Waals surface area contributed by atoms with Gasteiger partial charge in [0.05, 0.1) is 0 Å². The van der Waals surface area contributed by atoms with Crippen molar-refractivity contribution in [2.24, 2.45) is 0 Å². The summed E-state index contributed by atoms with van der Waals surface area (Å²) in [7, 11) is -3.39. The lowest BCUT2D eigenvalue weighted by molar-refractivity contribution is 0.0954. The van der Waals surface area contributed by atoms with Crippen molar-refractivity contribution >= 4 is 16.1 Å². The molecular formula is C13H19N3O3S. The molecule has 1 fully saturated rings. The molecule has 0 saturated carbocycles. The molecule has 1 amide bonds. The summed E-state index contributed by atoms with van der Waals surface area (Å²) < 4.78 is 27.6. The predicted molar refractivity (Wildman–Crippen MR) is 76.5 cm³/mol. The maximum absolute atomic E-state index is 11.8. The van der Waals surface area contributed by atoms with Crippen LogP contribution >= 0.6 is 0 Å². The van der Waals surface area contributed by atoms with Crippen LogP contribution in [0.2, 0.25) is 0 Å². The first-order valence-electron chi connectivity index (χ1n) is 6.67. The van der Waals surface area contributed by atoms with Crippen LogP contribution in [-0.4, -0.2) is 44.8 Å². The molecule has 1 aliphatic heterocycles. The summed E-state index contributed by atoms with van der Waals surface area (Å²) in [5.41, 5.74) is 0.565. The van der Waals surface area contributed by atoms with Crippen molar-refractivity contribution in [3.8, 4) is 0 Å². The van der Waals surface area contributed by atoms with Crippen LogP contribution in [0.1, 0.15) is 23.2 Å². The first-order valence-corrected chi connectivity index (χ1v) is 8.11. The lowest BCUT2D eigenvalue weighted by Gasteiger charge is -2.16. The Morgan fingerprint density at radius 1 is 1.10 bits per heavy atom. The zero-order valence-corrected chi connectivity index (χ0v) is 12.0. The molecule has 0 aliphatic carbocycles. The Hall–Kier alpha value is -1.44. The van der Waals surface area contributed by atoms with Gasteiger partial charge in [0.25, 0.3) is 16.1 Å². The molecule has 2 rings (SSSR count). The molecule has 2 N–H and O–H groups in total. The lowest BCUT2D eigenvalue weighted by Crippen LogP contribution is -2.42. The minimum atomic E-state index is -3.39. The molecule has 0 aromatic heterocycles. The maximum atomic E-state index is 11.8. The molecule has 20 heavy (non-hydrogen) atoms. The van der Waals surface area contributed by atoms with Gasteiger partial charge >= 0.3 is 0 Å². The van der Waals surface area contributed by atoms with E-state index in [1.54, 1.807) is 24.3 Å². The van der Waals surface area contributed by atoms with E-state index in [2.05, 4.69) is 10.0 Å². The third-order valence-electron chi connectivity index (χ3n) is 3.14. The predicted octanol–water partition coefficient (Wildman–Crippen LogP) is 0.347. The highest BCUT2D eigenvalue weighted by Gasteiger charge is 2.24. The minimum Gasteiger partial charge on any atom is -0.351 e. The summed E-state index contributed by atoms with van der Waals surface area (Å²) >= 11 is 0. The molecule has 1 aliphatic rings. The molecule has 1 heterocycles. The Bertz CT molecular complexity index is 539. The molecule has 6 nitrogen and oxygen atoms in total. The number of nitrogens with one attached hydrogen (secondary N) is 2. The topological polar surface area (TPSA) is 78.5 Å². The van der Waals surface area contributed by atoms with Crippen LogP contribution in [0, 0.1) is 0 Å². The van der Waals surface area contributed by atoms with Crippen LogP contribution in [0.3, 0.4) is 0 Å². The van der Waals surface area contributed by atoms with Crippen LogP contribution < -0.4 is 10.0 Å². The highest BCUT2D eigenvalue weighted by Crippen LogP contribution is 2.10. The molecule has 0 unspecified atom stereocenters. The van der Waals surface area contributed by atoms with E-state index in [0.717, 1.165) is 12.8 Å². The fourth-order valence-electron chi connectivity index (χ4n) is 2.07. The Labute approximate surface area is 119 Å². The van der Waals surface area contributed by atoms with Crippen molar-refractivity contribution in [1.82, 2.24) is 14.3 Å². The monoisotopic (exact) mass is 297 g/mol. The van der Waals surface area contributed by atoms with Crippen LogP contribution in [-0.2, 0) is 10.2 Å². The molecule has 0 bridgehead atoms. The quantitative estimate of drug-likeness (QED) is 0.744. The van der Waals surface area contributed by atoms with Crippen LogP contribution in [0.25, 0.3) is 0 Å². The van der Waals surface area contributed by atoms with Gasteiger partial charge in [0.1, 0.15) is 0 Å². The first kappa shape index (κ1) is 15.0. The summed E-state index contributed by atoms with van der Waals surface area (Å²) in [5, 5.41) is 2.68. The van der Waals surface area contributed by atoms with Crippen molar-refractivity contribution in [2.75, 3.05) is 26.2 Å². The average Bonchev–Trinajstić information content (AvgIpc) is 2.99. The molecule has 0 spiro atoms. The SMILES string of the molecule is O=C(NCCNS(=O)(=O)N1CCCC1)c1ccccc1. The average molecular weight is 297 g/mol. The van der Waals surface area contributed by atoms with Gasteiger partial charge < -0.3 is 5.32 Å². The van der Waals surface area contributed by atoms with Crippen LogP contribution in [0.5, 0.6) is 0 Å². The van der Waals surface area contributed by atoms with Gasteiger partial charge in [-0.05, 0) is 25.0 Å². The summed E-state index contributed by atoms with van der Waals surface area (Å²) in [6.07, 6.45) is 1.82. The van der Waals surface area contributed by atoms with Crippen molar-refractivity contribution in [3.05, 3.63) is 35.9 Å². The normalized spacial score (nSPS) is 16.2. The molecule has 1 saturated heterocycles. The lowest BCUT2D eigenvalue weighted by atomic mass is 10.2. The van der Waals surface area contributed by atoms with Gasteiger partial charge in [0.15, 0.2) is 0 Å². The van der Waals surface area contributed by atoms with E-state index in [1.165, 1.54) is 4.31 Å². The van der Waals surface area contributed by atoms with E-state index in [9.17, 15) is 13.2 Å². The third-order valence-corrected chi connectivity index (χ3v) is 4.75. The standard InChI is InChI=1S/C13H19N3O3S/c17-13(12-6-2-1-3-7-12)14-8-9-15-20(18,19)16-10-4-5-11-16/h1-3,6-7,15H,4-5,8-11H2,(H,14,17). The van der Waals surface area contributed by atoms with Crippen LogP contribution in [0.4, 0.5) is 0 Å². The van der Waals surface area contributed by atoms with E-state index >= 15 is 0 Å². The van der Waals surface area contributed by atoms with E-state index in [0.29, 0.717) is 18.7 Å². The van der Waals surface area contributed by atoms with Crippen molar-refractivity contribution in [1.29, 1.82) is 0 Å². The third kappa shape index (κ3) is 4.03. The summed E-state index contributed by atoms with van der Waals surface area (Å²) in [4.78, 5) is 11.7. The number of carbonyl (C=O) groups is 1. The smallest absolute Gasteiger partial charge is 0.279 e. The van der Waals surface area contributed by atoms with Crippen LogP contribution in [0.15, 0.2) is 30.3 Å². The van der Waals surface area contributed by atoms with Gasteiger partial charge in [0.2, 0.25) is 0 Å². The summed E-state index contributed by atoms with van der Waals surface area (Å²) in [6.45, 7) is 1.61. The zero-order chi connectivity index (χ0) is 14.4. The second-order valence-electron chi connectivity index (χ2n) is 4.63.